The number of aliphatic imine (C=N–C) groups is 1. The smallest absolute Gasteiger partial charge is 0.191 e. The molecule has 1 fully saturated rings. The van der Waals surface area contributed by atoms with Gasteiger partial charge in [-0.05, 0) is 55.2 Å². The van der Waals surface area contributed by atoms with Crippen LogP contribution in [0, 0.1) is 5.82 Å². The molecule has 0 aliphatic carbocycles. The van der Waals surface area contributed by atoms with Crippen molar-refractivity contribution < 1.29 is 14.2 Å². The second-order valence-corrected chi connectivity index (χ2v) is 7.83. The largest absolute Gasteiger partial charge is 0.497 e. The number of likely N-dealkylation sites (tertiary alicyclic amines) is 1. The molecule has 1 unspecified atom stereocenters. The molecule has 0 saturated carbocycles. The molecule has 0 amide bonds. The summed E-state index contributed by atoms with van der Waals surface area (Å²) < 4.78 is 18.2. The van der Waals surface area contributed by atoms with E-state index in [0.29, 0.717) is 6.04 Å². The minimum atomic E-state index is -0.668. The molecule has 32 heavy (non-hydrogen) atoms. The minimum absolute atomic E-state index is 0. The molecule has 8 heteroatoms. The lowest BCUT2D eigenvalue weighted by atomic mass is 10.0. The predicted molar refractivity (Wildman–Crippen MR) is 137 cm³/mol. The van der Waals surface area contributed by atoms with Gasteiger partial charge in [0.2, 0.25) is 0 Å². The summed E-state index contributed by atoms with van der Waals surface area (Å²) in [5.74, 6) is 1.30. The van der Waals surface area contributed by atoms with Crippen molar-refractivity contribution in [1.82, 2.24) is 15.5 Å². The topological polar surface area (TPSA) is 69.1 Å². The number of guanidine groups is 1. The molecule has 1 aliphatic rings. The van der Waals surface area contributed by atoms with Crippen LogP contribution in [-0.4, -0.2) is 55.3 Å². The number of aliphatic hydroxyl groups is 1. The fraction of sp³-hybridized carbons (Fsp3) is 0.458. The molecule has 2 aromatic rings. The summed E-state index contributed by atoms with van der Waals surface area (Å²) in [7, 11) is 1.62. The fourth-order valence-corrected chi connectivity index (χ4v) is 3.71. The van der Waals surface area contributed by atoms with Gasteiger partial charge in [0.25, 0.3) is 0 Å². The highest BCUT2D eigenvalue weighted by Crippen LogP contribution is 2.18. The van der Waals surface area contributed by atoms with Crippen molar-refractivity contribution >= 4 is 29.9 Å². The van der Waals surface area contributed by atoms with Crippen molar-refractivity contribution in [3.05, 3.63) is 65.5 Å². The van der Waals surface area contributed by atoms with Gasteiger partial charge in [0.1, 0.15) is 11.6 Å². The third-order valence-corrected chi connectivity index (χ3v) is 5.51. The number of hydrogen-bond acceptors (Lipinski definition) is 4. The van der Waals surface area contributed by atoms with Crippen LogP contribution in [0.15, 0.2) is 53.5 Å². The summed E-state index contributed by atoms with van der Waals surface area (Å²) in [5.41, 5.74) is 1.95. The summed E-state index contributed by atoms with van der Waals surface area (Å²) in [6, 6.07) is 14.5. The van der Waals surface area contributed by atoms with E-state index in [1.807, 2.05) is 43.3 Å². The molecule has 0 spiro atoms. The maximum Gasteiger partial charge on any atom is 0.191 e. The molecule has 1 aliphatic heterocycles. The van der Waals surface area contributed by atoms with Crippen molar-refractivity contribution in [1.29, 1.82) is 0 Å². The van der Waals surface area contributed by atoms with Crippen LogP contribution in [0.25, 0.3) is 0 Å². The highest BCUT2D eigenvalue weighted by atomic mass is 127. The Labute approximate surface area is 207 Å². The van der Waals surface area contributed by atoms with E-state index in [4.69, 9.17) is 4.74 Å². The van der Waals surface area contributed by atoms with Crippen LogP contribution in [0.3, 0.4) is 0 Å². The van der Waals surface area contributed by atoms with Gasteiger partial charge in [-0.15, -0.1) is 24.0 Å². The Balaban J connectivity index is 0.00000363. The van der Waals surface area contributed by atoms with Gasteiger partial charge in [-0.2, -0.15) is 0 Å². The fourth-order valence-electron chi connectivity index (χ4n) is 3.71. The van der Waals surface area contributed by atoms with Gasteiger partial charge < -0.3 is 20.5 Å². The standard InChI is InChI=1S/C24H33FN4O2.HI/c1-3-26-24(27-16-23(30)19-6-10-22(31-2)11-7-19)28-21-12-14-29(15-13-21)17-18-4-8-20(25)9-5-18;/h4-11,21,23,30H,3,12-17H2,1-2H3,(H2,26,27,28);1H. The first-order valence-electron chi connectivity index (χ1n) is 10.9. The Hall–Kier alpha value is -1.91. The molecule has 3 N–H and O–H groups in total. The first-order valence-corrected chi connectivity index (χ1v) is 10.9. The van der Waals surface area contributed by atoms with Gasteiger partial charge in [-0.3, -0.25) is 9.89 Å². The summed E-state index contributed by atoms with van der Waals surface area (Å²) in [4.78, 5) is 6.98. The van der Waals surface area contributed by atoms with Crippen molar-refractivity contribution in [2.45, 2.75) is 38.5 Å². The average Bonchev–Trinajstić information content (AvgIpc) is 2.80. The second kappa shape index (κ2) is 13.6. The van der Waals surface area contributed by atoms with Crippen LogP contribution in [0.1, 0.15) is 37.0 Å². The number of piperidine rings is 1. The molecule has 0 aromatic heterocycles. The molecule has 176 valence electrons. The lowest BCUT2D eigenvalue weighted by Crippen LogP contribution is -2.48. The van der Waals surface area contributed by atoms with Crippen LogP contribution in [0.5, 0.6) is 5.75 Å². The summed E-state index contributed by atoms with van der Waals surface area (Å²) in [6.45, 7) is 5.86. The van der Waals surface area contributed by atoms with E-state index in [2.05, 4.69) is 20.5 Å². The Morgan fingerprint density at radius 3 is 2.41 bits per heavy atom. The van der Waals surface area contributed by atoms with Gasteiger partial charge in [0, 0.05) is 32.2 Å². The average molecular weight is 556 g/mol. The number of hydrogen-bond donors (Lipinski definition) is 3. The number of halogens is 2. The molecule has 0 bridgehead atoms. The van der Waals surface area contributed by atoms with E-state index in [-0.39, 0.29) is 36.3 Å². The maximum absolute atomic E-state index is 13.1. The Kier molecular flexibility index (Phi) is 11.2. The van der Waals surface area contributed by atoms with E-state index in [9.17, 15) is 9.50 Å². The van der Waals surface area contributed by atoms with Crippen LogP contribution < -0.4 is 15.4 Å². The molecule has 3 rings (SSSR count). The van der Waals surface area contributed by atoms with Gasteiger partial charge in [0.15, 0.2) is 5.96 Å². The quantitative estimate of drug-likeness (QED) is 0.263. The maximum atomic E-state index is 13.1. The van der Waals surface area contributed by atoms with Gasteiger partial charge >= 0.3 is 0 Å². The van der Waals surface area contributed by atoms with Gasteiger partial charge in [0.05, 0.1) is 19.8 Å². The summed E-state index contributed by atoms with van der Waals surface area (Å²) in [6.07, 6.45) is 1.35. The van der Waals surface area contributed by atoms with E-state index in [1.54, 1.807) is 7.11 Å². The van der Waals surface area contributed by atoms with Gasteiger partial charge in [-0.25, -0.2) is 4.39 Å². The Morgan fingerprint density at radius 1 is 1.16 bits per heavy atom. The lowest BCUT2D eigenvalue weighted by molar-refractivity contribution is 0.186. The third kappa shape index (κ3) is 8.22. The zero-order chi connectivity index (χ0) is 22.1. The Morgan fingerprint density at radius 2 is 1.81 bits per heavy atom. The number of benzene rings is 2. The minimum Gasteiger partial charge on any atom is -0.497 e. The number of methoxy groups -OCH3 is 1. The number of rotatable bonds is 8. The molecule has 2 aromatic carbocycles. The molecule has 0 radical (unpaired) electrons. The van der Waals surface area contributed by atoms with Crippen molar-refractivity contribution in [2.24, 2.45) is 4.99 Å². The zero-order valence-corrected chi connectivity index (χ0v) is 21.1. The van der Waals surface area contributed by atoms with Crippen LogP contribution in [0.2, 0.25) is 0 Å². The number of aliphatic hydroxyl groups excluding tert-OH is 1. The highest BCUT2D eigenvalue weighted by Gasteiger charge is 2.20. The third-order valence-electron chi connectivity index (χ3n) is 5.51. The summed E-state index contributed by atoms with van der Waals surface area (Å²) in [5, 5.41) is 17.2. The monoisotopic (exact) mass is 556 g/mol. The van der Waals surface area contributed by atoms with Crippen molar-refractivity contribution in [3.8, 4) is 5.75 Å². The van der Waals surface area contributed by atoms with Crippen LogP contribution in [-0.2, 0) is 6.54 Å². The Bertz CT molecular complexity index is 825. The summed E-state index contributed by atoms with van der Waals surface area (Å²) >= 11 is 0. The van der Waals surface area contributed by atoms with Gasteiger partial charge in [-0.1, -0.05) is 24.3 Å². The normalized spacial score (nSPS) is 16.2. The molecular weight excluding hydrogens is 522 g/mol. The first kappa shape index (κ1) is 26.3. The molecule has 1 heterocycles. The van der Waals surface area contributed by atoms with E-state index in [1.165, 1.54) is 12.1 Å². The molecule has 1 atom stereocenters. The van der Waals surface area contributed by atoms with Crippen molar-refractivity contribution in [3.63, 3.8) is 0 Å². The number of nitrogens with zero attached hydrogens (tertiary/aromatic N) is 2. The van der Waals surface area contributed by atoms with Crippen LogP contribution in [0.4, 0.5) is 4.39 Å². The number of ether oxygens (including phenoxy) is 1. The molecular formula is C24H34FIN4O2. The van der Waals surface area contributed by atoms with Crippen LogP contribution >= 0.6 is 24.0 Å². The lowest BCUT2D eigenvalue weighted by Gasteiger charge is -2.33. The SMILES string of the molecule is CCNC(=NCC(O)c1ccc(OC)cc1)NC1CCN(Cc2ccc(F)cc2)CC1.I. The molecule has 6 nitrogen and oxygen atoms in total. The molecule has 1 saturated heterocycles. The predicted octanol–water partition coefficient (Wildman–Crippen LogP) is 3.71. The van der Waals surface area contributed by atoms with E-state index < -0.39 is 6.10 Å². The van der Waals surface area contributed by atoms with E-state index >= 15 is 0 Å². The number of nitrogens with one attached hydrogen (secondary N) is 2. The highest BCUT2D eigenvalue weighted by molar-refractivity contribution is 14.0. The zero-order valence-electron chi connectivity index (χ0n) is 18.8. The first-order chi connectivity index (χ1) is 15.1. The van der Waals surface area contributed by atoms with Crippen molar-refractivity contribution in [2.75, 3.05) is 33.3 Å². The second-order valence-electron chi connectivity index (χ2n) is 7.83. The van der Waals surface area contributed by atoms with E-state index in [0.717, 1.165) is 61.9 Å².